The van der Waals surface area contributed by atoms with Crippen molar-refractivity contribution in [3.63, 3.8) is 0 Å². The zero-order chi connectivity index (χ0) is 24.8. The lowest BCUT2D eigenvalue weighted by molar-refractivity contribution is -0.129. The third kappa shape index (κ3) is 4.42. The van der Waals surface area contributed by atoms with Crippen LogP contribution in [0, 0.1) is 46.3 Å². The van der Waals surface area contributed by atoms with Crippen molar-refractivity contribution in [1.82, 2.24) is 20.4 Å². The molecule has 9 atom stereocenters. The van der Waals surface area contributed by atoms with Gasteiger partial charge in [-0.1, -0.05) is 27.4 Å². The summed E-state index contributed by atoms with van der Waals surface area (Å²) in [6.45, 7) is 14.0. The third-order valence-corrected chi connectivity index (χ3v) is 11.3. The van der Waals surface area contributed by atoms with Gasteiger partial charge < -0.3 is 9.84 Å². The lowest BCUT2D eigenvalue weighted by atomic mass is 9.44. The lowest BCUT2D eigenvalue weighted by Crippen LogP contribution is -2.54. The Bertz CT molecular complexity index is 906. The van der Waals surface area contributed by atoms with Crippen LogP contribution < -0.4 is 0 Å². The van der Waals surface area contributed by atoms with Gasteiger partial charge in [-0.2, -0.15) is 0 Å². The van der Waals surface area contributed by atoms with Crippen molar-refractivity contribution in [2.24, 2.45) is 46.3 Å². The zero-order valence-electron chi connectivity index (χ0n) is 22.4. The first-order valence-electron chi connectivity index (χ1n) is 14.3. The molecule has 4 aliphatic carbocycles. The number of aliphatic hydroxyl groups is 1. The van der Waals surface area contributed by atoms with E-state index in [0.717, 1.165) is 61.1 Å². The maximum Gasteiger partial charge on any atom is 0.237 e. The number of aromatic nitrogens is 4. The molecule has 35 heavy (non-hydrogen) atoms. The van der Waals surface area contributed by atoms with Crippen LogP contribution in [0.25, 0.3) is 5.76 Å². The number of fused-ring (bicyclic) bond motifs is 5. The van der Waals surface area contributed by atoms with Crippen LogP contribution >= 0.6 is 0 Å². The highest BCUT2D eigenvalue weighted by molar-refractivity contribution is 5.47. The number of aryl methyl sites for hydroxylation is 1. The maximum absolute atomic E-state index is 10.3. The van der Waals surface area contributed by atoms with Crippen molar-refractivity contribution in [2.75, 3.05) is 6.61 Å². The molecule has 1 heterocycles. The van der Waals surface area contributed by atoms with Gasteiger partial charge in [0.25, 0.3) is 0 Å². The molecule has 0 amide bonds. The van der Waals surface area contributed by atoms with Crippen LogP contribution in [0.1, 0.15) is 104 Å². The van der Waals surface area contributed by atoms with Crippen LogP contribution in [0.15, 0.2) is 6.58 Å². The molecule has 4 saturated carbocycles. The molecule has 1 aromatic heterocycles. The minimum Gasteiger partial charge on any atom is -0.490 e. The molecule has 194 valence electrons. The average Bonchev–Trinajstić information content (AvgIpc) is 3.21. The van der Waals surface area contributed by atoms with Crippen molar-refractivity contribution in [3.8, 4) is 0 Å². The predicted molar refractivity (Wildman–Crippen MR) is 137 cm³/mol. The predicted octanol–water partition coefficient (Wildman–Crippen LogP) is 5.86. The van der Waals surface area contributed by atoms with Crippen LogP contribution in [0.5, 0.6) is 0 Å². The Hall–Kier alpha value is -1.56. The molecule has 0 saturated heterocycles. The highest BCUT2D eigenvalue weighted by atomic mass is 16.5. The topological polar surface area (TPSA) is 81.0 Å². The molecule has 1 aromatic rings. The van der Waals surface area contributed by atoms with E-state index < -0.39 is 0 Å². The summed E-state index contributed by atoms with van der Waals surface area (Å²) in [4.78, 5) is 0. The van der Waals surface area contributed by atoms with Crippen molar-refractivity contribution in [3.05, 3.63) is 18.2 Å². The second-order valence-electron chi connectivity index (χ2n) is 12.8. The summed E-state index contributed by atoms with van der Waals surface area (Å²) in [5.41, 5.74) is 0.929. The zero-order valence-corrected chi connectivity index (χ0v) is 22.4. The smallest absolute Gasteiger partial charge is 0.237 e. The van der Waals surface area contributed by atoms with E-state index in [0.29, 0.717) is 34.9 Å². The summed E-state index contributed by atoms with van der Waals surface area (Å²) in [7, 11) is 0. The number of hydrogen-bond donors (Lipinski definition) is 1. The monoisotopic (exact) mass is 482 g/mol. The number of hydrogen-bond acceptors (Lipinski definition) is 6. The third-order valence-electron chi connectivity index (χ3n) is 11.3. The molecule has 0 radical (unpaired) electrons. The van der Waals surface area contributed by atoms with Gasteiger partial charge in [-0.25, -0.2) is 0 Å². The molecular weight excluding hydrogens is 436 g/mol. The summed E-state index contributed by atoms with van der Waals surface area (Å²) in [5.74, 6) is 6.35. The second-order valence-corrected chi connectivity index (χ2v) is 12.8. The minimum atomic E-state index is -0.0516. The van der Waals surface area contributed by atoms with Crippen LogP contribution in [-0.2, 0) is 11.2 Å². The fourth-order valence-electron chi connectivity index (χ4n) is 9.47. The Kier molecular flexibility index (Phi) is 6.97. The largest absolute Gasteiger partial charge is 0.490 e. The molecule has 5 rings (SSSR count). The molecule has 4 fully saturated rings. The molecule has 6 heteroatoms. The van der Waals surface area contributed by atoms with Gasteiger partial charge in [-0.15, -0.1) is 20.4 Å². The van der Waals surface area contributed by atoms with Gasteiger partial charge in [-0.3, -0.25) is 0 Å². The van der Waals surface area contributed by atoms with Gasteiger partial charge in [0, 0.05) is 6.42 Å². The van der Waals surface area contributed by atoms with E-state index in [2.05, 4.69) is 47.7 Å². The molecule has 6 nitrogen and oxygen atoms in total. The molecule has 0 spiro atoms. The van der Waals surface area contributed by atoms with Gasteiger partial charge in [0.1, 0.15) is 0 Å². The van der Waals surface area contributed by atoms with Crippen molar-refractivity contribution in [1.29, 1.82) is 0 Å². The van der Waals surface area contributed by atoms with Gasteiger partial charge in [0.05, 0.1) is 12.7 Å². The van der Waals surface area contributed by atoms with E-state index in [1.165, 1.54) is 44.9 Å². The minimum absolute atomic E-state index is 0.0516. The summed E-state index contributed by atoms with van der Waals surface area (Å²) < 4.78 is 5.36. The number of nitrogens with zero attached hydrogens (tertiary/aromatic N) is 4. The molecule has 4 aliphatic rings. The average molecular weight is 483 g/mol. The van der Waals surface area contributed by atoms with Gasteiger partial charge in [0.2, 0.25) is 5.82 Å². The first-order valence-corrected chi connectivity index (χ1v) is 14.3. The van der Waals surface area contributed by atoms with Crippen molar-refractivity contribution >= 4 is 5.76 Å². The Balaban J connectivity index is 1.22. The molecule has 0 aromatic carbocycles. The fraction of sp³-hybridized carbons (Fsp3) is 0.862. The SMILES string of the molecule is C=C(OCC)c1nnc(CC[C@@H](C)[C@H]2CC[C@H]3[C@@H]4CC[C@@H]5C[C@H](O)CC[C@]5(C)[C@H]4CC[C@]23C)nn1. The molecule has 1 N–H and O–H groups in total. The van der Waals surface area contributed by atoms with Crippen molar-refractivity contribution < 1.29 is 9.84 Å². The Morgan fingerprint density at radius 3 is 2.46 bits per heavy atom. The van der Waals surface area contributed by atoms with E-state index in [-0.39, 0.29) is 6.10 Å². The molecular formula is C29H46N4O2. The van der Waals surface area contributed by atoms with Crippen LogP contribution in [0.3, 0.4) is 0 Å². The van der Waals surface area contributed by atoms with Gasteiger partial charge in [-0.05, 0) is 117 Å². The Morgan fingerprint density at radius 2 is 1.71 bits per heavy atom. The number of rotatable bonds is 7. The first kappa shape index (κ1) is 25.1. The van der Waals surface area contributed by atoms with Crippen LogP contribution in [-0.4, -0.2) is 38.2 Å². The highest BCUT2D eigenvalue weighted by Crippen LogP contribution is 2.68. The lowest BCUT2D eigenvalue weighted by Gasteiger charge is -2.61. The summed E-state index contributed by atoms with van der Waals surface area (Å²) in [6.07, 6.45) is 13.5. The number of aliphatic hydroxyl groups excluding tert-OH is 1. The van der Waals surface area contributed by atoms with E-state index in [1.807, 2.05) is 6.92 Å². The van der Waals surface area contributed by atoms with Crippen molar-refractivity contribution in [2.45, 2.75) is 104 Å². The second kappa shape index (κ2) is 9.72. The molecule has 0 aliphatic heterocycles. The summed E-state index contributed by atoms with van der Waals surface area (Å²) >= 11 is 0. The Morgan fingerprint density at radius 1 is 1.00 bits per heavy atom. The van der Waals surface area contributed by atoms with Crippen LogP contribution in [0.2, 0.25) is 0 Å². The fourth-order valence-corrected chi connectivity index (χ4v) is 9.47. The van der Waals surface area contributed by atoms with E-state index >= 15 is 0 Å². The molecule has 0 bridgehead atoms. The highest BCUT2D eigenvalue weighted by Gasteiger charge is 2.60. The number of ether oxygens (including phenoxy) is 1. The standard InChI is InChI=1S/C29H46N4O2/c1-6-35-19(3)27-32-30-26(31-33-27)12-7-18(2)23-10-11-24-22-9-8-20-17-21(34)13-15-28(20,4)25(22)14-16-29(23,24)5/h18,20-25,34H,3,6-17H2,1-2,4-5H3/t18-,20-,21-,22+,23-,24+,25+,28+,29-/m1/s1. The van der Waals surface area contributed by atoms with E-state index in [4.69, 9.17) is 4.74 Å². The van der Waals surface area contributed by atoms with Crippen LogP contribution in [0.4, 0.5) is 0 Å². The normalized spacial score (nSPS) is 41.4. The first-order chi connectivity index (χ1) is 16.8. The van der Waals surface area contributed by atoms with E-state index in [9.17, 15) is 5.11 Å². The summed E-state index contributed by atoms with van der Waals surface area (Å²) in [5, 5.41) is 27.3. The Labute approximate surface area is 211 Å². The van der Waals surface area contributed by atoms with E-state index in [1.54, 1.807) is 0 Å². The van der Waals surface area contributed by atoms with Gasteiger partial charge >= 0.3 is 0 Å². The maximum atomic E-state index is 10.3. The van der Waals surface area contributed by atoms with Gasteiger partial charge in [0.15, 0.2) is 11.6 Å². The molecule has 0 unspecified atom stereocenters. The quantitative estimate of drug-likeness (QED) is 0.490. The summed E-state index contributed by atoms with van der Waals surface area (Å²) in [6, 6.07) is 0.